The Kier molecular flexibility index (Phi) is 4.28. The van der Waals surface area contributed by atoms with Crippen molar-refractivity contribution in [3.63, 3.8) is 0 Å². The van der Waals surface area contributed by atoms with Gasteiger partial charge in [-0.2, -0.15) is 0 Å². The van der Waals surface area contributed by atoms with Crippen molar-refractivity contribution >= 4 is 6.03 Å². The van der Waals surface area contributed by atoms with Gasteiger partial charge >= 0.3 is 6.03 Å². The molecule has 0 atom stereocenters. The molecule has 0 spiro atoms. The van der Waals surface area contributed by atoms with Gasteiger partial charge in [0.15, 0.2) is 0 Å². The van der Waals surface area contributed by atoms with E-state index in [1.807, 2.05) is 19.9 Å². The topological polar surface area (TPSA) is 54.3 Å². The van der Waals surface area contributed by atoms with E-state index in [1.165, 1.54) is 19.3 Å². The number of rotatable bonds is 3. The van der Waals surface area contributed by atoms with Gasteiger partial charge in [-0.25, -0.2) is 4.79 Å². The summed E-state index contributed by atoms with van der Waals surface area (Å²) in [6, 6.07) is 2.25. The number of aryl methyl sites for hydroxylation is 2. The van der Waals surface area contributed by atoms with E-state index in [2.05, 4.69) is 10.6 Å². The largest absolute Gasteiger partial charge is 0.466 e. The Morgan fingerprint density at radius 1 is 1.33 bits per heavy atom. The van der Waals surface area contributed by atoms with Gasteiger partial charge in [-0.3, -0.25) is 0 Å². The van der Waals surface area contributed by atoms with Crippen molar-refractivity contribution in [3.8, 4) is 0 Å². The van der Waals surface area contributed by atoms with Crippen LogP contribution in [0.4, 0.5) is 4.79 Å². The lowest BCUT2D eigenvalue weighted by atomic mass is 9.96. The third-order valence-electron chi connectivity index (χ3n) is 3.52. The highest BCUT2D eigenvalue weighted by Gasteiger charge is 2.15. The molecule has 0 bridgehead atoms. The molecule has 0 aromatic carbocycles. The van der Waals surface area contributed by atoms with E-state index in [0.717, 1.165) is 29.9 Å². The van der Waals surface area contributed by atoms with E-state index in [1.54, 1.807) is 0 Å². The maximum atomic E-state index is 11.7. The second-order valence-electron chi connectivity index (χ2n) is 5.10. The molecule has 1 aliphatic carbocycles. The molecule has 0 saturated heterocycles. The van der Waals surface area contributed by atoms with Crippen LogP contribution in [0, 0.1) is 13.8 Å². The zero-order valence-electron chi connectivity index (χ0n) is 11.2. The summed E-state index contributed by atoms with van der Waals surface area (Å²) in [5.41, 5.74) is 1.05. The number of furan rings is 1. The Balaban J connectivity index is 1.75. The normalized spacial score (nSPS) is 16.6. The van der Waals surface area contributed by atoms with Gasteiger partial charge in [-0.15, -0.1) is 0 Å². The first-order valence-electron chi connectivity index (χ1n) is 6.75. The quantitative estimate of drug-likeness (QED) is 0.866. The molecular weight excluding hydrogens is 228 g/mol. The Hall–Kier alpha value is -1.45. The minimum absolute atomic E-state index is 0.0693. The monoisotopic (exact) mass is 250 g/mol. The summed E-state index contributed by atoms with van der Waals surface area (Å²) in [6.07, 6.45) is 5.97. The van der Waals surface area contributed by atoms with Crippen LogP contribution in [0.25, 0.3) is 0 Å². The van der Waals surface area contributed by atoms with Crippen molar-refractivity contribution in [1.82, 2.24) is 10.6 Å². The summed E-state index contributed by atoms with van der Waals surface area (Å²) in [5, 5.41) is 5.93. The first-order chi connectivity index (χ1) is 8.65. The molecule has 1 aromatic rings. The average molecular weight is 250 g/mol. The summed E-state index contributed by atoms with van der Waals surface area (Å²) in [7, 11) is 0. The van der Waals surface area contributed by atoms with Gasteiger partial charge in [0.05, 0.1) is 0 Å². The van der Waals surface area contributed by atoms with Crippen LogP contribution in [0.1, 0.15) is 49.2 Å². The average Bonchev–Trinajstić information content (AvgIpc) is 2.66. The molecule has 1 heterocycles. The molecule has 18 heavy (non-hydrogen) atoms. The molecule has 100 valence electrons. The molecule has 0 aliphatic heterocycles. The van der Waals surface area contributed by atoms with E-state index < -0.39 is 0 Å². The van der Waals surface area contributed by atoms with Crippen LogP contribution < -0.4 is 10.6 Å². The van der Waals surface area contributed by atoms with E-state index >= 15 is 0 Å². The predicted molar refractivity (Wildman–Crippen MR) is 70.4 cm³/mol. The molecule has 1 aliphatic rings. The molecule has 4 heteroatoms. The zero-order chi connectivity index (χ0) is 13.0. The van der Waals surface area contributed by atoms with Crippen molar-refractivity contribution in [1.29, 1.82) is 0 Å². The lowest BCUT2D eigenvalue weighted by Gasteiger charge is -2.22. The SMILES string of the molecule is Cc1cc(CNC(=O)NC2CCCCC2)c(C)o1. The van der Waals surface area contributed by atoms with Crippen LogP contribution in [0.3, 0.4) is 0 Å². The second kappa shape index (κ2) is 5.94. The van der Waals surface area contributed by atoms with Crippen molar-refractivity contribution in [2.45, 2.75) is 58.5 Å². The smallest absolute Gasteiger partial charge is 0.315 e. The van der Waals surface area contributed by atoms with Crippen LogP contribution in [0.15, 0.2) is 10.5 Å². The number of urea groups is 1. The minimum atomic E-state index is -0.0693. The molecule has 4 nitrogen and oxygen atoms in total. The maximum absolute atomic E-state index is 11.7. The molecule has 0 unspecified atom stereocenters. The summed E-state index contributed by atoms with van der Waals surface area (Å²) < 4.78 is 5.43. The van der Waals surface area contributed by atoms with E-state index in [4.69, 9.17) is 4.42 Å². The third kappa shape index (κ3) is 3.52. The Morgan fingerprint density at radius 2 is 2.06 bits per heavy atom. The lowest BCUT2D eigenvalue weighted by Crippen LogP contribution is -2.42. The van der Waals surface area contributed by atoms with Crippen LogP contribution in [-0.2, 0) is 6.54 Å². The number of amides is 2. The standard InChI is InChI=1S/C14H22N2O2/c1-10-8-12(11(2)18-10)9-15-14(17)16-13-6-4-3-5-7-13/h8,13H,3-7,9H2,1-2H3,(H2,15,16,17). The van der Waals surface area contributed by atoms with Crippen molar-refractivity contribution in [2.75, 3.05) is 0 Å². The van der Waals surface area contributed by atoms with E-state index in [0.29, 0.717) is 12.6 Å². The molecule has 2 N–H and O–H groups in total. The van der Waals surface area contributed by atoms with E-state index in [9.17, 15) is 4.79 Å². The molecular formula is C14H22N2O2. The van der Waals surface area contributed by atoms with Gasteiger partial charge in [-0.05, 0) is 32.8 Å². The summed E-state index contributed by atoms with van der Waals surface area (Å²) in [6.45, 7) is 4.36. The van der Waals surface area contributed by atoms with Gasteiger partial charge in [0.1, 0.15) is 11.5 Å². The third-order valence-corrected chi connectivity index (χ3v) is 3.52. The lowest BCUT2D eigenvalue weighted by molar-refractivity contribution is 0.232. The summed E-state index contributed by atoms with van der Waals surface area (Å²) >= 11 is 0. The molecule has 1 aromatic heterocycles. The molecule has 2 rings (SSSR count). The fraction of sp³-hybridized carbons (Fsp3) is 0.643. The van der Waals surface area contributed by atoms with Gasteiger partial charge in [-0.1, -0.05) is 19.3 Å². The van der Waals surface area contributed by atoms with Gasteiger partial charge < -0.3 is 15.1 Å². The van der Waals surface area contributed by atoms with Crippen LogP contribution in [0.2, 0.25) is 0 Å². The molecule has 0 radical (unpaired) electrons. The van der Waals surface area contributed by atoms with E-state index in [-0.39, 0.29) is 6.03 Å². The number of carbonyl (C=O) groups is 1. The highest BCUT2D eigenvalue weighted by atomic mass is 16.3. The van der Waals surface area contributed by atoms with Crippen LogP contribution in [0.5, 0.6) is 0 Å². The second-order valence-corrected chi connectivity index (χ2v) is 5.10. The maximum Gasteiger partial charge on any atom is 0.315 e. The Bertz CT molecular complexity index is 406. The van der Waals surface area contributed by atoms with Crippen molar-refractivity contribution in [3.05, 3.63) is 23.2 Å². The van der Waals surface area contributed by atoms with Gasteiger partial charge in [0, 0.05) is 18.2 Å². The zero-order valence-corrected chi connectivity index (χ0v) is 11.2. The molecule has 1 saturated carbocycles. The van der Waals surface area contributed by atoms with Crippen LogP contribution in [-0.4, -0.2) is 12.1 Å². The molecule has 1 fully saturated rings. The van der Waals surface area contributed by atoms with Gasteiger partial charge in [0.2, 0.25) is 0 Å². The number of hydrogen-bond donors (Lipinski definition) is 2. The number of hydrogen-bond acceptors (Lipinski definition) is 2. The highest BCUT2D eigenvalue weighted by Crippen LogP contribution is 2.17. The fourth-order valence-electron chi connectivity index (χ4n) is 2.52. The van der Waals surface area contributed by atoms with Crippen molar-refractivity contribution < 1.29 is 9.21 Å². The molecule has 2 amide bonds. The Morgan fingerprint density at radius 3 is 2.67 bits per heavy atom. The predicted octanol–water partition coefficient (Wildman–Crippen LogP) is 3.03. The number of carbonyl (C=O) groups excluding carboxylic acids is 1. The first kappa shape index (κ1) is 13.0. The highest BCUT2D eigenvalue weighted by molar-refractivity contribution is 5.74. The first-order valence-corrected chi connectivity index (χ1v) is 6.75. The fourth-order valence-corrected chi connectivity index (χ4v) is 2.52. The van der Waals surface area contributed by atoms with Crippen LogP contribution >= 0.6 is 0 Å². The van der Waals surface area contributed by atoms with Crippen molar-refractivity contribution in [2.24, 2.45) is 0 Å². The minimum Gasteiger partial charge on any atom is -0.466 e. The summed E-state index contributed by atoms with van der Waals surface area (Å²) in [4.78, 5) is 11.7. The number of nitrogens with one attached hydrogen (secondary N) is 2. The van der Waals surface area contributed by atoms with Gasteiger partial charge in [0.25, 0.3) is 0 Å². The Labute approximate surface area is 108 Å². The summed E-state index contributed by atoms with van der Waals surface area (Å²) in [5.74, 6) is 1.77.